The molecule has 25 heavy (non-hydrogen) atoms. The highest BCUT2D eigenvalue weighted by molar-refractivity contribution is 6.38. The molecule has 0 radical (unpaired) electrons. The van der Waals surface area contributed by atoms with Crippen LogP contribution in [0.1, 0.15) is 35.3 Å². The number of nitrogens with zero attached hydrogens (tertiary/aromatic N) is 2. The van der Waals surface area contributed by atoms with Gasteiger partial charge in [-0.3, -0.25) is 24.7 Å². The van der Waals surface area contributed by atoms with Crippen LogP contribution < -0.4 is 0 Å². The van der Waals surface area contributed by atoms with Gasteiger partial charge in [-0.25, -0.2) is 0 Å². The number of aliphatic imine (C=N–C) groups is 1. The van der Waals surface area contributed by atoms with Gasteiger partial charge in [0.05, 0.1) is 16.3 Å². The van der Waals surface area contributed by atoms with Crippen molar-refractivity contribution < 1.29 is 14.5 Å². The highest BCUT2D eigenvalue weighted by Gasteiger charge is 2.43. The summed E-state index contributed by atoms with van der Waals surface area (Å²) in [6.45, 7) is 3.32. The molecule has 0 spiro atoms. The zero-order valence-electron chi connectivity index (χ0n) is 13.9. The molecule has 0 unspecified atom stereocenters. The van der Waals surface area contributed by atoms with E-state index in [1.54, 1.807) is 12.1 Å². The number of fused-ring (bicyclic) bond motifs is 1. The van der Waals surface area contributed by atoms with E-state index in [-0.39, 0.29) is 22.7 Å². The minimum absolute atomic E-state index is 0.0295. The number of benzene rings is 2. The number of nitro groups is 1. The summed E-state index contributed by atoms with van der Waals surface area (Å²) in [5.74, 6) is -2.03. The zero-order valence-corrected chi connectivity index (χ0v) is 13.9. The average molecular weight is 336 g/mol. The molecule has 0 saturated heterocycles. The smallest absolute Gasteiger partial charge is 0.280 e. The van der Waals surface area contributed by atoms with Gasteiger partial charge in [-0.1, -0.05) is 31.2 Å². The number of hydrogen-bond donors (Lipinski definition) is 0. The molecule has 2 aromatic carbocycles. The van der Waals surface area contributed by atoms with Crippen molar-refractivity contribution in [2.45, 2.75) is 20.3 Å². The van der Waals surface area contributed by atoms with Crippen LogP contribution >= 0.6 is 0 Å². The molecule has 1 aliphatic rings. The Morgan fingerprint density at radius 3 is 2.60 bits per heavy atom. The molecule has 6 nitrogen and oxygen atoms in total. The summed E-state index contributed by atoms with van der Waals surface area (Å²) in [5.41, 5.74) is 2.02. The summed E-state index contributed by atoms with van der Waals surface area (Å²) in [4.78, 5) is 39.9. The Balaban J connectivity index is 2.23. The first-order valence-electron chi connectivity index (χ1n) is 7.94. The third-order valence-electron chi connectivity index (χ3n) is 4.27. The predicted molar refractivity (Wildman–Crippen MR) is 93.6 cm³/mol. The molecule has 3 rings (SSSR count). The summed E-state index contributed by atoms with van der Waals surface area (Å²) in [5, 5.41) is 11.3. The molecular weight excluding hydrogens is 320 g/mol. The number of ketones is 2. The molecule has 2 aromatic rings. The molecule has 1 atom stereocenters. The van der Waals surface area contributed by atoms with Crippen molar-refractivity contribution in [1.29, 1.82) is 0 Å². The Morgan fingerprint density at radius 2 is 1.96 bits per heavy atom. The summed E-state index contributed by atoms with van der Waals surface area (Å²) in [6, 6.07) is 11.9. The van der Waals surface area contributed by atoms with Gasteiger partial charge >= 0.3 is 0 Å². The van der Waals surface area contributed by atoms with Crippen molar-refractivity contribution in [1.82, 2.24) is 0 Å². The molecule has 0 heterocycles. The molecule has 0 aliphatic heterocycles. The minimum Gasteiger partial charge on any atom is -0.299 e. The van der Waals surface area contributed by atoms with Crippen molar-refractivity contribution >= 4 is 28.7 Å². The van der Waals surface area contributed by atoms with Crippen LogP contribution in [0.5, 0.6) is 0 Å². The fourth-order valence-corrected chi connectivity index (χ4v) is 3.08. The van der Waals surface area contributed by atoms with Crippen molar-refractivity contribution in [3.8, 4) is 0 Å². The SMILES string of the molecule is CCc1cccc(N=C2c3cccc([N+](=O)[O-])c3C(=O)[C@@H]2C(C)=O)c1. The Kier molecular flexibility index (Phi) is 4.27. The predicted octanol–water partition coefficient (Wildman–Crippen LogP) is 3.68. The first-order valence-corrected chi connectivity index (χ1v) is 7.94. The van der Waals surface area contributed by atoms with Gasteiger partial charge in [0.1, 0.15) is 17.3 Å². The zero-order chi connectivity index (χ0) is 18.1. The molecule has 0 aromatic heterocycles. The Labute approximate surface area is 144 Å². The Bertz CT molecular complexity index is 931. The van der Waals surface area contributed by atoms with Gasteiger partial charge < -0.3 is 0 Å². The van der Waals surface area contributed by atoms with E-state index in [0.717, 1.165) is 12.0 Å². The van der Waals surface area contributed by atoms with Gasteiger partial charge in [0.25, 0.3) is 5.69 Å². The van der Waals surface area contributed by atoms with Gasteiger partial charge in [-0.05, 0) is 31.0 Å². The van der Waals surface area contributed by atoms with Gasteiger partial charge in [0.15, 0.2) is 5.78 Å². The fourth-order valence-electron chi connectivity index (χ4n) is 3.08. The molecule has 6 heteroatoms. The first-order chi connectivity index (χ1) is 11.9. The van der Waals surface area contributed by atoms with E-state index in [1.165, 1.54) is 19.1 Å². The summed E-state index contributed by atoms with van der Waals surface area (Å²) < 4.78 is 0. The van der Waals surface area contributed by atoms with Crippen molar-refractivity contribution in [2.75, 3.05) is 0 Å². The molecular formula is C19H16N2O4. The van der Waals surface area contributed by atoms with Crippen LogP contribution in [0.2, 0.25) is 0 Å². The van der Waals surface area contributed by atoms with E-state index in [9.17, 15) is 19.7 Å². The number of aryl methyl sites for hydroxylation is 1. The van der Waals surface area contributed by atoms with Crippen molar-refractivity contribution in [3.63, 3.8) is 0 Å². The van der Waals surface area contributed by atoms with Gasteiger partial charge in [-0.2, -0.15) is 0 Å². The number of carbonyl (C=O) groups is 2. The number of rotatable bonds is 4. The van der Waals surface area contributed by atoms with E-state index in [0.29, 0.717) is 11.3 Å². The molecule has 126 valence electrons. The van der Waals surface area contributed by atoms with E-state index in [2.05, 4.69) is 4.99 Å². The second-order valence-corrected chi connectivity index (χ2v) is 5.89. The second-order valence-electron chi connectivity index (χ2n) is 5.89. The van der Waals surface area contributed by atoms with Crippen LogP contribution in [0.3, 0.4) is 0 Å². The average Bonchev–Trinajstić information content (AvgIpc) is 2.87. The maximum Gasteiger partial charge on any atom is 0.280 e. The highest BCUT2D eigenvalue weighted by atomic mass is 16.6. The molecule has 0 saturated carbocycles. The van der Waals surface area contributed by atoms with Crippen LogP contribution in [0.25, 0.3) is 0 Å². The fraction of sp³-hybridized carbons (Fsp3) is 0.211. The van der Waals surface area contributed by atoms with E-state index in [1.807, 2.05) is 25.1 Å². The van der Waals surface area contributed by atoms with Crippen LogP contribution in [0, 0.1) is 16.0 Å². The third kappa shape index (κ3) is 2.87. The number of hydrogen-bond acceptors (Lipinski definition) is 5. The minimum atomic E-state index is -1.10. The summed E-state index contributed by atoms with van der Waals surface area (Å²) >= 11 is 0. The topological polar surface area (TPSA) is 89.6 Å². The normalized spacial score (nSPS) is 17.6. The molecule has 0 bridgehead atoms. The Morgan fingerprint density at radius 1 is 1.24 bits per heavy atom. The molecule has 0 fully saturated rings. The lowest BCUT2D eigenvalue weighted by atomic mass is 9.98. The number of nitro benzene ring substituents is 1. The monoisotopic (exact) mass is 336 g/mol. The Hall–Kier alpha value is -3.15. The van der Waals surface area contributed by atoms with E-state index in [4.69, 9.17) is 0 Å². The quantitative estimate of drug-likeness (QED) is 0.484. The van der Waals surface area contributed by atoms with E-state index >= 15 is 0 Å². The van der Waals surface area contributed by atoms with Gasteiger partial charge in [0, 0.05) is 11.6 Å². The van der Waals surface area contributed by atoms with E-state index < -0.39 is 16.6 Å². The molecule has 0 amide bonds. The van der Waals surface area contributed by atoms with Gasteiger partial charge in [0.2, 0.25) is 0 Å². The maximum absolute atomic E-state index is 12.7. The lowest BCUT2D eigenvalue weighted by Gasteiger charge is -2.07. The molecule has 1 aliphatic carbocycles. The van der Waals surface area contributed by atoms with Crippen LogP contribution in [-0.2, 0) is 11.2 Å². The van der Waals surface area contributed by atoms with Crippen molar-refractivity contribution in [3.05, 3.63) is 69.3 Å². The largest absolute Gasteiger partial charge is 0.299 e. The van der Waals surface area contributed by atoms with Crippen molar-refractivity contribution in [2.24, 2.45) is 10.9 Å². The lowest BCUT2D eigenvalue weighted by molar-refractivity contribution is -0.385. The van der Waals surface area contributed by atoms with Crippen LogP contribution in [-0.4, -0.2) is 22.2 Å². The third-order valence-corrected chi connectivity index (χ3v) is 4.27. The summed E-state index contributed by atoms with van der Waals surface area (Å²) in [7, 11) is 0. The number of carbonyl (C=O) groups excluding carboxylic acids is 2. The maximum atomic E-state index is 12.7. The standard InChI is InChI=1S/C19H16N2O4/c1-3-12-6-4-7-13(10-12)20-18-14-8-5-9-15(21(24)25)17(14)19(23)16(18)11(2)22/h4-10,16H,3H2,1-2H3/t16-/m1/s1. The first kappa shape index (κ1) is 16.7. The number of Topliss-reactive ketones (excluding diaryl/α,β-unsaturated/α-hetero) is 2. The van der Waals surface area contributed by atoms with Crippen LogP contribution in [0.4, 0.5) is 11.4 Å². The van der Waals surface area contributed by atoms with Gasteiger partial charge in [-0.15, -0.1) is 0 Å². The van der Waals surface area contributed by atoms with Crippen LogP contribution in [0.15, 0.2) is 47.5 Å². The highest BCUT2D eigenvalue weighted by Crippen LogP contribution is 2.35. The summed E-state index contributed by atoms with van der Waals surface area (Å²) in [6.07, 6.45) is 0.829. The lowest BCUT2D eigenvalue weighted by Crippen LogP contribution is -2.23. The molecule has 0 N–H and O–H groups in total. The second kappa shape index (κ2) is 6.39.